The lowest BCUT2D eigenvalue weighted by Gasteiger charge is -2.26. The predicted molar refractivity (Wildman–Crippen MR) is 130 cm³/mol. The fourth-order valence-corrected chi connectivity index (χ4v) is 4.92. The maximum Gasteiger partial charge on any atom is 0.238 e. The average Bonchev–Trinajstić information content (AvgIpc) is 3.20. The van der Waals surface area contributed by atoms with Gasteiger partial charge < -0.3 is 10.1 Å². The summed E-state index contributed by atoms with van der Waals surface area (Å²) in [4.78, 5) is 27.1. The number of hydrogen-bond donors (Lipinski definition) is 1. The van der Waals surface area contributed by atoms with E-state index in [1.54, 1.807) is 16.7 Å². The molecule has 1 N–H and O–H groups in total. The Morgan fingerprint density at radius 2 is 1.84 bits per heavy atom. The van der Waals surface area contributed by atoms with Crippen LogP contribution in [0.25, 0.3) is 0 Å². The van der Waals surface area contributed by atoms with Crippen LogP contribution in [0.15, 0.2) is 78.9 Å². The van der Waals surface area contributed by atoms with Gasteiger partial charge in [0, 0.05) is 12.1 Å². The van der Waals surface area contributed by atoms with Gasteiger partial charge in [0.05, 0.1) is 18.0 Å². The fraction of sp³-hybridized carbons (Fsp3) is 0.231. The second-order valence-corrected chi connectivity index (χ2v) is 8.56. The quantitative estimate of drug-likeness (QED) is 0.501. The molecule has 3 aromatic carbocycles. The van der Waals surface area contributed by atoms with Gasteiger partial charge in [0.2, 0.25) is 11.8 Å². The minimum absolute atomic E-state index is 0.0281. The van der Waals surface area contributed by atoms with Crippen molar-refractivity contribution in [2.24, 2.45) is 0 Å². The van der Waals surface area contributed by atoms with Gasteiger partial charge in [0.25, 0.3) is 0 Å². The van der Waals surface area contributed by atoms with Crippen LogP contribution in [0.3, 0.4) is 0 Å². The molecule has 1 aliphatic rings. The second-order valence-electron chi connectivity index (χ2n) is 7.49. The van der Waals surface area contributed by atoms with Crippen molar-refractivity contribution < 1.29 is 14.3 Å². The van der Waals surface area contributed by atoms with E-state index >= 15 is 0 Å². The van der Waals surface area contributed by atoms with Gasteiger partial charge in [0.1, 0.15) is 11.1 Å². The zero-order chi connectivity index (χ0) is 22.3. The van der Waals surface area contributed by atoms with E-state index in [1.165, 1.54) is 0 Å². The zero-order valence-electron chi connectivity index (χ0n) is 18.0. The lowest BCUT2D eigenvalue weighted by Crippen LogP contribution is -2.28. The first kappa shape index (κ1) is 22.0. The first-order chi connectivity index (χ1) is 15.7. The molecule has 0 saturated carbocycles. The smallest absolute Gasteiger partial charge is 0.238 e. The summed E-state index contributed by atoms with van der Waals surface area (Å²) >= 11 is 1.58. The van der Waals surface area contributed by atoms with Gasteiger partial charge >= 0.3 is 0 Å². The van der Waals surface area contributed by atoms with Crippen LogP contribution < -0.4 is 15.0 Å². The van der Waals surface area contributed by atoms with Crippen LogP contribution in [0.2, 0.25) is 0 Å². The van der Waals surface area contributed by atoms with Crippen molar-refractivity contribution in [3.63, 3.8) is 0 Å². The van der Waals surface area contributed by atoms with Crippen LogP contribution in [-0.2, 0) is 16.0 Å². The summed E-state index contributed by atoms with van der Waals surface area (Å²) in [7, 11) is 0. The Morgan fingerprint density at radius 1 is 1.06 bits per heavy atom. The highest BCUT2D eigenvalue weighted by Crippen LogP contribution is 2.45. The number of benzene rings is 3. The molecule has 0 radical (unpaired) electrons. The monoisotopic (exact) mass is 446 g/mol. The number of nitrogens with one attached hydrogen (secondary N) is 1. The van der Waals surface area contributed by atoms with Crippen molar-refractivity contribution in [1.29, 1.82) is 0 Å². The zero-order valence-corrected chi connectivity index (χ0v) is 18.8. The molecule has 1 heterocycles. The van der Waals surface area contributed by atoms with E-state index in [0.717, 1.165) is 22.5 Å². The van der Waals surface area contributed by atoms with Gasteiger partial charge in [0.15, 0.2) is 0 Å². The summed E-state index contributed by atoms with van der Waals surface area (Å²) in [5.74, 6) is 1.11. The van der Waals surface area contributed by atoms with Gasteiger partial charge in [-0.2, -0.15) is 0 Å². The van der Waals surface area contributed by atoms with Crippen LogP contribution in [-0.4, -0.2) is 24.2 Å². The molecule has 164 valence electrons. The van der Waals surface area contributed by atoms with E-state index in [2.05, 4.69) is 5.32 Å². The number of carbonyl (C=O) groups is 2. The van der Waals surface area contributed by atoms with Gasteiger partial charge in [-0.3, -0.25) is 14.5 Å². The molecule has 0 spiro atoms. The lowest BCUT2D eigenvalue weighted by atomic mass is 10.1. The molecule has 1 aliphatic heterocycles. The summed E-state index contributed by atoms with van der Waals surface area (Å²) in [5, 5.41) is 2.82. The number of hydrogen-bond acceptors (Lipinski definition) is 4. The number of thioether (sulfide) groups is 1. The van der Waals surface area contributed by atoms with Gasteiger partial charge in [-0.05, 0) is 48.7 Å². The lowest BCUT2D eigenvalue weighted by molar-refractivity contribution is -0.116. The highest BCUT2D eigenvalue weighted by Gasteiger charge is 2.35. The van der Waals surface area contributed by atoms with E-state index in [4.69, 9.17) is 4.74 Å². The van der Waals surface area contributed by atoms with Crippen LogP contribution in [0, 0.1) is 0 Å². The minimum atomic E-state index is -0.176. The van der Waals surface area contributed by atoms with E-state index < -0.39 is 0 Å². The third-order valence-corrected chi connectivity index (χ3v) is 6.44. The van der Waals surface area contributed by atoms with Crippen LogP contribution in [0.1, 0.15) is 29.8 Å². The number of aryl methyl sites for hydroxylation is 1. The molecule has 1 unspecified atom stereocenters. The fourth-order valence-electron chi connectivity index (χ4n) is 3.76. The van der Waals surface area contributed by atoms with Crippen molar-refractivity contribution in [1.82, 2.24) is 0 Å². The summed E-state index contributed by atoms with van der Waals surface area (Å²) in [6.07, 6.45) is 1.11. The molecule has 3 aromatic rings. The Bertz CT molecular complexity index is 1090. The number of amides is 2. The van der Waals surface area contributed by atoms with E-state index in [9.17, 15) is 9.59 Å². The minimum Gasteiger partial charge on any atom is -0.492 e. The Labute approximate surface area is 192 Å². The maximum absolute atomic E-state index is 12.8. The SMILES string of the molecule is CCOc1ccccc1N1C(=O)CSC1c1cccc(NC(=O)CCc2ccccc2)c1. The first-order valence-electron chi connectivity index (χ1n) is 10.7. The highest BCUT2D eigenvalue weighted by molar-refractivity contribution is 8.00. The summed E-state index contributed by atoms with van der Waals surface area (Å²) in [5.41, 5.74) is 3.61. The number of nitrogens with zero attached hydrogens (tertiary/aromatic N) is 1. The standard InChI is InChI=1S/C26H26N2O3S/c1-2-31-23-14-7-6-13-22(23)28-25(30)18-32-26(28)20-11-8-12-21(17-20)27-24(29)16-15-19-9-4-3-5-10-19/h3-14,17,26H,2,15-16,18H2,1H3,(H,27,29). The Balaban J connectivity index is 1.49. The van der Waals surface area contributed by atoms with Crippen molar-refractivity contribution in [2.75, 3.05) is 22.6 Å². The third kappa shape index (κ3) is 5.14. The van der Waals surface area contributed by atoms with Gasteiger partial charge in [-0.15, -0.1) is 11.8 Å². The molecule has 32 heavy (non-hydrogen) atoms. The molecule has 2 amide bonds. The molecule has 5 nitrogen and oxygen atoms in total. The second kappa shape index (κ2) is 10.4. The summed E-state index contributed by atoms with van der Waals surface area (Å²) in [6.45, 7) is 2.46. The van der Waals surface area contributed by atoms with Crippen molar-refractivity contribution in [2.45, 2.75) is 25.1 Å². The van der Waals surface area contributed by atoms with Crippen molar-refractivity contribution in [3.05, 3.63) is 90.0 Å². The molecular weight excluding hydrogens is 420 g/mol. The topological polar surface area (TPSA) is 58.6 Å². The Kier molecular flexibility index (Phi) is 7.12. The number of carbonyl (C=O) groups excluding carboxylic acids is 2. The average molecular weight is 447 g/mol. The van der Waals surface area contributed by atoms with Gasteiger partial charge in [-0.25, -0.2) is 0 Å². The Morgan fingerprint density at radius 3 is 2.66 bits per heavy atom. The largest absolute Gasteiger partial charge is 0.492 e. The van der Waals surface area contributed by atoms with Crippen LogP contribution >= 0.6 is 11.8 Å². The normalized spacial score (nSPS) is 15.6. The van der Waals surface area contributed by atoms with Crippen LogP contribution in [0.5, 0.6) is 5.75 Å². The molecule has 0 aromatic heterocycles. The predicted octanol–water partition coefficient (Wildman–Crippen LogP) is 5.44. The number of para-hydroxylation sites is 2. The molecular formula is C26H26N2O3S. The van der Waals surface area contributed by atoms with Gasteiger partial charge in [-0.1, -0.05) is 54.6 Å². The first-order valence-corrected chi connectivity index (χ1v) is 11.8. The Hall–Kier alpha value is -3.25. The number of anilines is 2. The molecule has 4 rings (SSSR count). The molecule has 1 fully saturated rings. The number of ether oxygens (including phenoxy) is 1. The highest BCUT2D eigenvalue weighted by atomic mass is 32.2. The summed E-state index contributed by atoms with van der Waals surface area (Å²) in [6, 6.07) is 25.3. The summed E-state index contributed by atoms with van der Waals surface area (Å²) < 4.78 is 5.76. The molecule has 6 heteroatoms. The molecule has 1 saturated heterocycles. The van der Waals surface area contributed by atoms with Crippen LogP contribution in [0.4, 0.5) is 11.4 Å². The third-order valence-electron chi connectivity index (χ3n) is 5.23. The van der Waals surface area contributed by atoms with E-state index in [-0.39, 0.29) is 17.2 Å². The van der Waals surface area contributed by atoms with E-state index in [1.807, 2.05) is 85.8 Å². The maximum atomic E-state index is 12.8. The number of rotatable bonds is 8. The molecule has 0 aliphatic carbocycles. The van der Waals surface area contributed by atoms with Crippen molar-refractivity contribution >= 4 is 35.0 Å². The van der Waals surface area contributed by atoms with Crippen molar-refractivity contribution in [3.8, 4) is 5.75 Å². The van der Waals surface area contributed by atoms with E-state index in [0.29, 0.717) is 31.0 Å². The molecule has 1 atom stereocenters. The molecule has 0 bridgehead atoms.